The summed E-state index contributed by atoms with van der Waals surface area (Å²) < 4.78 is 6.46. The molecule has 41 heavy (non-hydrogen) atoms. The lowest BCUT2D eigenvalue weighted by molar-refractivity contribution is 0.847. The fourth-order valence-electron chi connectivity index (χ4n) is 6.58. The Morgan fingerprint density at radius 2 is 1.54 bits per heavy atom. The Balaban J connectivity index is 1.28. The number of rotatable bonds is 3. The zero-order chi connectivity index (χ0) is 27.1. The largest absolute Gasteiger partial charge is 0.337 e. The number of aryl methyl sites for hydroxylation is 1. The summed E-state index contributed by atoms with van der Waals surface area (Å²) in [4.78, 5) is 15.5. The first kappa shape index (κ1) is 22.3. The number of para-hydroxylation sites is 1. The smallest absolute Gasteiger partial charge is 0.146 e. The Hall–Kier alpha value is -5.49. The molecule has 0 bridgehead atoms. The first-order valence-corrected chi connectivity index (χ1v) is 13.8. The lowest BCUT2D eigenvalue weighted by Crippen LogP contribution is -2.08. The Morgan fingerprint density at radius 3 is 2.46 bits per heavy atom. The summed E-state index contributed by atoms with van der Waals surface area (Å²) in [6, 6.07) is 36.2. The maximum atomic E-state index is 5.39. The van der Waals surface area contributed by atoms with Gasteiger partial charge in [0.2, 0.25) is 0 Å². The van der Waals surface area contributed by atoms with E-state index < -0.39 is 0 Å². The topological polar surface area (TPSA) is 53.5 Å². The van der Waals surface area contributed by atoms with E-state index >= 15 is 0 Å². The minimum absolute atomic E-state index is 0.0802. The molecular formula is C35H24N6. The zero-order valence-electron chi connectivity index (χ0n) is 22.3. The fraction of sp³-hybridized carbons (Fsp3) is 0.0571. The minimum Gasteiger partial charge on any atom is -0.337 e. The van der Waals surface area contributed by atoms with Crippen LogP contribution in [0.5, 0.6) is 0 Å². The molecule has 194 valence electrons. The van der Waals surface area contributed by atoms with E-state index in [1.165, 1.54) is 16.5 Å². The van der Waals surface area contributed by atoms with Crippen LogP contribution >= 0.6 is 0 Å². The van der Waals surface area contributed by atoms with Crippen LogP contribution < -0.4 is 0 Å². The fourth-order valence-corrected chi connectivity index (χ4v) is 6.58. The van der Waals surface area contributed by atoms with Crippen LogP contribution in [0.15, 0.2) is 122 Å². The standard InChI is InChI=1S/C35H24N6/c1-39-20-7-13-31(39)40-21-18-22-14-16-28(37-34(22)40)32-25-10-3-2-8-23(25)26-15-17-30(38-33(26)32)41-29-12-5-4-9-24(29)27-11-6-19-36-35(27)41/h2-21,32H,1H3. The Labute approximate surface area is 235 Å². The number of aromatic nitrogens is 6. The average molecular weight is 529 g/mol. The number of fused-ring (bicyclic) bond motifs is 7. The van der Waals surface area contributed by atoms with Gasteiger partial charge < -0.3 is 4.57 Å². The first-order valence-electron chi connectivity index (χ1n) is 13.8. The third kappa shape index (κ3) is 3.10. The van der Waals surface area contributed by atoms with Crippen LogP contribution in [-0.2, 0) is 7.05 Å². The summed E-state index contributed by atoms with van der Waals surface area (Å²) in [6.07, 6.45) is 6.01. The van der Waals surface area contributed by atoms with Crippen LogP contribution in [0.2, 0.25) is 0 Å². The van der Waals surface area contributed by atoms with Gasteiger partial charge in [-0.15, -0.1) is 0 Å². The molecule has 6 aromatic heterocycles. The number of nitrogens with zero attached hydrogens (tertiary/aromatic N) is 6. The van der Waals surface area contributed by atoms with Gasteiger partial charge in [-0.25, -0.2) is 15.0 Å². The minimum atomic E-state index is -0.0802. The summed E-state index contributed by atoms with van der Waals surface area (Å²) in [5.74, 6) is 1.86. The van der Waals surface area contributed by atoms with Crippen LogP contribution in [-0.4, -0.2) is 28.7 Å². The highest BCUT2D eigenvalue weighted by molar-refractivity contribution is 6.07. The van der Waals surface area contributed by atoms with Crippen molar-refractivity contribution in [2.45, 2.75) is 5.92 Å². The van der Waals surface area contributed by atoms with Gasteiger partial charge in [0.1, 0.15) is 22.9 Å². The normalized spacial score (nSPS) is 14.2. The summed E-state index contributed by atoms with van der Waals surface area (Å²) >= 11 is 0. The quantitative estimate of drug-likeness (QED) is 0.240. The van der Waals surface area contributed by atoms with Crippen molar-refractivity contribution in [3.63, 3.8) is 0 Å². The third-order valence-electron chi connectivity index (χ3n) is 8.43. The maximum Gasteiger partial charge on any atom is 0.146 e. The van der Waals surface area contributed by atoms with Crippen LogP contribution in [0.3, 0.4) is 0 Å². The van der Waals surface area contributed by atoms with Crippen molar-refractivity contribution < 1.29 is 0 Å². The van der Waals surface area contributed by atoms with Crippen molar-refractivity contribution in [2.75, 3.05) is 0 Å². The lowest BCUT2D eigenvalue weighted by Gasteiger charge is -2.15. The molecule has 1 unspecified atom stereocenters. The predicted molar refractivity (Wildman–Crippen MR) is 163 cm³/mol. The maximum absolute atomic E-state index is 5.39. The zero-order valence-corrected chi connectivity index (χ0v) is 22.3. The molecule has 0 radical (unpaired) electrons. The van der Waals surface area contributed by atoms with Crippen LogP contribution in [0, 0.1) is 0 Å². The molecule has 6 heterocycles. The van der Waals surface area contributed by atoms with Crippen LogP contribution in [0.4, 0.5) is 0 Å². The second-order valence-corrected chi connectivity index (χ2v) is 10.7. The Morgan fingerprint density at radius 1 is 0.659 bits per heavy atom. The van der Waals surface area contributed by atoms with Crippen molar-refractivity contribution in [3.8, 4) is 22.8 Å². The predicted octanol–water partition coefficient (Wildman–Crippen LogP) is 7.41. The molecule has 9 rings (SSSR count). The molecule has 1 atom stereocenters. The highest BCUT2D eigenvalue weighted by atomic mass is 15.2. The van der Waals surface area contributed by atoms with E-state index in [1.54, 1.807) is 0 Å². The van der Waals surface area contributed by atoms with Crippen LogP contribution in [0.1, 0.15) is 22.9 Å². The summed E-state index contributed by atoms with van der Waals surface area (Å²) in [6.45, 7) is 0. The molecule has 6 nitrogen and oxygen atoms in total. The van der Waals surface area contributed by atoms with Crippen molar-refractivity contribution in [1.29, 1.82) is 0 Å². The molecule has 1 aliphatic carbocycles. The van der Waals surface area contributed by atoms with Crippen molar-refractivity contribution in [1.82, 2.24) is 28.7 Å². The number of hydrogen-bond donors (Lipinski definition) is 0. The van der Waals surface area contributed by atoms with E-state index in [1.807, 2.05) is 12.3 Å². The van der Waals surface area contributed by atoms with E-state index in [9.17, 15) is 0 Å². The van der Waals surface area contributed by atoms with E-state index in [0.29, 0.717) is 0 Å². The molecule has 2 aromatic carbocycles. The molecule has 1 aliphatic rings. The number of hydrogen-bond acceptors (Lipinski definition) is 3. The van der Waals surface area contributed by atoms with Gasteiger partial charge in [0.25, 0.3) is 0 Å². The van der Waals surface area contributed by atoms with E-state index in [-0.39, 0.29) is 5.92 Å². The van der Waals surface area contributed by atoms with Gasteiger partial charge in [0.15, 0.2) is 0 Å². The van der Waals surface area contributed by atoms with Gasteiger partial charge in [-0.05, 0) is 71.8 Å². The van der Waals surface area contributed by atoms with Crippen molar-refractivity contribution in [3.05, 3.63) is 139 Å². The summed E-state index contributed by atoms with van der Waals surface area (Å²) in [5, 5.41) is 3.41. The Kier molecular flexibility index (Phi) is 4.50. The van der Waals surface area contributed by atoms with Gasteiger partial charge in [0.05, 0.1) is 22.8 Å². The van der Waals surface area contributed by atoms with E-state index in [4.69, 9.17) is 15.0 Å². The third-order valence-corrected chi connectivity index (χ3v) is 8.43. The van der Waals surface area contributed by atoms with Crippen LogP contribution in [0.25, 0.3) is 55.7 Å². The number of benzene rings is 2. The van der Waals surface area contributed by atoms with E-state index in [0.717, 1.165) is 56.2 Å². The highest BCUT2D eigenvalue weighted by Crippen LogP contribution is 2.47. The monoisotopic (exact) mass is 528 g/mol. The highest BCUT2D eigenvalue weighted by Gasteiger charge is 2.33. The first-order chi connectivity index (χ1) is 20.3. The molecule has 8 aromatic rings. The van der Waals surface area contributed by atoms with Gasteiger partial charge in [-0.3, -0.25) is 9.13 Å². The lowest BCUT2D eigenvalue weighted by atomic mass is 9.96. The average Bonchev–Trinajstić information content (AvgIpc) is 3.78. The molecule has 6 heteroatoms. The van der Waals surface area contributed by atoms with Gasteiger partial charge >= 0.3 is 0 Å². The molecule has 0 saturated carbocycles. The number of pyridine rings is 3. The molecule has 0 spiro atoms. The van der Waals surface area contributed by atoms with Gasteiger partial charge in [-0.1, -0.05) is 42.5 Å². The summed E-state index contributed by atoms with van der Waals surface area (Å²) in [5.41, 5.74) is 8.56. The van der Waals surface area contributed by atoms with Gasteiger partial charge in [-0.2, -0.15) is 0 Å². The second kappa shape index (κ2) is 8.26. The molecule has 0 amide bonds. The molecule has 0 saturated heterocycles. The van der Waals surface area contributed by atoms with Crippen molar-refractivity contribution >= 4 is 33.0 Å². The molecule has 0 N–H and O–H groups in total. The molecule has 0 fully saturated rings. The Bertz CT molecular complexity index is 2250. The second-order valence-electron chi connectivity index (χ2n) is 10.7. The SMILES string of the molecule is Cn1cccc1-n1ccc2ccc(C3c4ccccc4-c4ccc(-n5c6ccccc6c6cccnc65)nc43)nc21. The van der Waals surface area contributed by atoms with Crippen molar-refractivity contribution in [2.24, 2.45) is 7.05 Å². The molecular weight excluding hydrogens is 504 g/mol. The van der Waals surface area contributed by atoms with Gasteiger partial charge in [0, 0.05) is 47.4 Å². The molecule has 0 aliphatic heterocycles. The summed E-state index contributed by atoms with van der Waals surface area (Å²) in [7, 11) is 2.06. The van der Waals surface area contributed by atoms with E-state index in [2.05, 4.69) is 130 Å².